The van der Waals surface area contributed by atoms with Crippen molar-refractivity contribution < 1.29 is 14.3 Å². The van der Waals surface area contributed by atoms with E-state index in [1.54, 1.807) is 39.2 Å². The molecule has 0 saturated carbocycles. The van der Waals surface area contributed by atoms with Crippen LogP contribution in [0.4, 0.5) is 11.4 Å². The Kier molecular flexibility index (Phi) is 6.02. The lowest BCUT2D eigenvalue weighted by Gasteiger charge is -2.26. The van der Waals surface area contributed by atoms with Gasteiger partial charge in [-0.05, 0) is 32.0 Å². The zero-order valence-corrected chi connectivity index (χ0v) is 13.0. The average molecular weight is 293 g/mol. The van der Waals surface area contributed by atoms with Crippen LogP contribution in [0.1, 0.15) is 24.2 Å². The summed E-state index contributed by atoms with van der Waals surface area (Å²) >= 11 is 0. The van der Waals surface area contributed by atoms with Gasteiger partial charge in [-0.2, -0.15) is 0 Å². The van der Waals surface area contributed by atoms with E-state index in [9.17, 15) is 9.59 Å². The summed E-state index contributed by atoms with van der Waals surface area (Å²) in [5, 5.41) is 0. The third kappa shape index (κ3) is 4.37. The number of hydrogen-bond acceptors (Lipinski definition) is 5. The molecule has 1 rings (SSSR count). The molecule has 6 heteroatoms. The van der Waals surface area contributed by atoms with Crippen LogP contribution in [-0.4, -0.2) is 50.6 Å². The summed E-state index contributed by atoms with van der Waals surface area (Å²) in [6.07, 6.45) is 0. The maximum atomic E-state index is 12.1. The van der Waals surface area contributed by atoms with Crippen LogP contribution in [0.3, 0.4) is 0 Å². The van der Waals surface area contributed by atoms with Crippen molar-refractivity contribution in [2.45, 2.75) is 13.8 Å². The minimum absolute atomic E-state index is 0.0384. The van der Waals surface area contributed by atoms with E-state index in [0.29, 0.717) is 23.5 Å². The van der Waals surface area contributed by atoms with E-state index in [2.05, 4.69) is 0 Å². The van der Waals surface area contributed by atoms with Crippen LogP contribution in [0.15, 0.2) is 18.2 Å². The van der Waals surface area contributed by atoms with Gasteiger partial charge in [0.15, 0.2) is 0 Å². The van der Waals surface area contributed by atoms with Crippen LogP contribution in [0.5, 0.6) is 0 Å². The molecule has 0 saturated heterocycles. The Morgan fingerprint density at radius 1 is 1.24 bits per heavy atom. The summed E-state index contributed by atoms with van der Waals surface area (Å²) in [5.74, 6) is -0.473. The molecule has 21 heavy (non-hydrogen) atoms. The van der Waals surface area contributed by atoms with E-state index < -0.39 is 5.97 Å². The Morgan fingerprint density at radius 3 is 2.43 bits per heavy atom. The highest BCUT2D eigenvalue weighted by Gasteiger charge is 2.19. The summed E-state index contributed by atoms with van der Waals surface area (Å²) in [6, 6.07) is 5.03. The van der Waals surface area contributed by atoms with Gasteiger partial charge in [-0.3, -0.25) is 4.79 Å². The first kappa shape index (κ1) is 16.8. The van der Waals surface area contributed by atoms with Gasteiger partial charge in [0, 0.05) is 26.3 Å². The number of carbonyl (C=O) groups excluding carboxylic acids is 2. The van der Waals surface area contributed by atoms with Crippen LogP contribution < -0.4 is 10.6 Å². The Balaban J connectivity index is 3.13. The number of rotatable bonds is 6. The molecule has 0 atom stereocenters. The first-order chi connectivity index (χ1) is 9.90. The number of carbonyl (C=O) groups is 2. The van der Waals surface area contributed by atoms with Gasteiger partial charge >= 0.3 is 5.97 Å². The number of esters is 1. The third-order valence-electron chi connectivity index (χ3n) is 3.06. The number of nitrogens with two attached hydrogens (primary N) is 1. The molecule has 1 aromatic rings. The minimum Gasteiger partial charge on any atom is -0.462 e. The summed E-state index contributed by atoms with van der Waals surface area (Å²) in [4.78, 5) is 27.3. The number of benzene rings is 1. The van der Waals surface area contributed by atoms with Crippen molar-refractivity contribution in [2.75, 3.05) is 44.4 Å². The van der Waals surface area contributed by atoms with Crippen LogP contribution in [0.25, 0.3) is 0 Å². The zero-order chi connectivity index (χ0) is 16.0. The molecular formula is C15H23N3O3. The minimum atomic E-state index is -0.435. The molecule has 1 aromatic carbocycles. The smallest absolute Gasteiger partial charge is 0.340 e. The zero-order valence-electron chi connectivity index (χ0n) is 13.0. The first-order valence-corrected chi connectivity index (χ1v) is 6.92. The van der Waals surface area contributed by atoms with Gasteiger partial charge in [0.1, 0.15) is 0 Å². The lowest BCUT2D eigenvalue weighted by atomic mass is 10.1. The molecule has 116 valence electrons. The molecule has 0 fully saturated rings. The Labute approximate surface area is 125 Å². The van der Waals surface area contributed by atoms with Crippen molar-refractivity contribution in [1.82, 2.24) is 4.90 Å². The lowest BCUT2D eigenvalue weighted by Crippen LogP contribution is -2.37. The summed E-state index contributed by atoms with van der Waals surface area (Å²) in [6.45, 7) is 4.75. The highest BCUT2D eigenvalue weighted by Crippen LogP contribution is 2.24. The van der Waals surface area contributed by atoms with Gasteiger partial charge in [-0.15, -0.1) is 0 Å². The molecule has 0 unspecified atom stereocenters. The highest BCUT2D eigenvalue weighted by molar-refractivity contribution is 5.97. The number of amides is 1. The summed E-state index contributed by atoms with van der Waals surface area (Å²) in [7, 11) is 3.40. The molecule has 0 heterocycles. The Hall–Kier alpha value is -2.24. The predicted octanol–water partition coefficient (Wildman–Crippen LogP) is 1.36. The quantitative estimate of drug-likeness (QED) is 0.633. The van der Waals surface area contributed by atoms with Crippen LogP contribution in [0.2, 0.25) is 0 Å². The summed E-state index contributed by atoms with van der Waals surface area (Å²) in [5.41, 5.74) is 7.27. The number of anilines is 2. The molecule has 0 aromatic heterocycles. The van der Waals surface area contributed by atoms with Crippen molar-refractivity contribution in [3.05, 3.63) is 23.8 Å². The third-order valence-corrected chi connectivity index (χ3v) is 3.06. The maximum absolute atomic E-state index is 12.1. The van der Waals surface area contributed by atoms with Crippen molar-refractivity contribution in [3.8, 4) is 0 Å². The van der Waals surface area contributed by atoms with Crippen molar-refractivity contribution >= 4 is 23.3 Å². The molecule has 0 aliphatic carbocycles. The number of nitrogens with zero attached hydrogens (tertiary/aromatic N) is 2. The van der Waals surface area contributed by atoms with Gasteiger partial charge in [0.05, 0.1) is 24.4 Å². The topological polar surface area (TPSA) is 75.9 Å². The van der Waals surface area contributed by atoms with Gasteiger partial charge < -0.3 is 20.3 Å². The average Bonchev–Trinajstić information content (AvgIpc) is 2.44. The fourth-order valence-corrected chi connectivity index (χ4v) is 1.87. The molecule has 0 aliphatic heterocycles. The maximum Gasteiger partial charge on any atom is 0.340 e. The van der Waals surface area contributed by atoms with Gasteiger partial charge in [-0.25, -0.2) is 4.79 Å². The van der Waals surface area contributed by atoms with Crippen molar-refractivity contribution in [1.29, 1.82) is 0 Å². The Morgan fingerprint density at radius 2 is 1.90 bits per heavy atom. The highest BCUT2D eigenvalue weighted by atomic mass is 16.5. The number of hydrogen-bond donors (Lipinski definition) is 1. The van der Waals surface area contributed by atoms with E-state index >= 15 is 0 Å². The largest absolute Gasteiger partial charge is 0.462 e. The molecule has 0 aliphatic rings. The predicted molar refractivity (Wildman–Crippen MR) is 83.4 cm³/mol. The SMILES string of the molecule is CCOC(=O)c1cc(N)ccc1N(CC)CC(=O)N(C)C. The number of nitrogen functional groups attached to an aromatic ring is 1. The van der Waals surface area contributed by atoms with E-state index in [1.807, 2.05) is 11.8 Å². The Bertz CT molecular complexity index is 515. The van der Waals surface area contributed by atoms with Crippen molar-refractivity contribution in [3.63, 3.8) is 0 Å². The van der Waals surface area contributed by atoms with Gasteiger partial charge in [-0.1, -0.05) is 0 Å². The fourth-order valence-electron chi connectivity index (χ4n) is 1.87. The standard InChI is InChI=1S/C15H23N3O3/c1-5-18(10-14(19)17(3)4)13-8-7-11(16)9-12(13)15(20)21-6-2/h7-9H,5-6,10,16H2,1-4H3. The molecule has 0 bridgehead atoms. The van der Waals surface area contributed by atoms with Crippen molar-refractivity contribution in [2.24, 2.45) is 0 Å². The van der Waals surface area contributed by atoms with E-state index in [4.69, 9.17) is 10.5 Å². The molecule has 2 N–H and O–H groups in total. The fraction of sp³-hybridized carbons (Fsp3) is 0.467. The van der Waals surface area contributed by atoms with E-state index in [1.165, 1.54) is 4.90 Å². The second-order valence-electron chi connectivity index (χ2n) is 4.80. The normalized spacial score (nSPS) is 10.1. The summed E-state index contributed by atoms with van der Waals surface area (Å²) < 4.78 is 5.05. The van der Waals surface area contributed by atoms with E-state index in [-0.39, 0.29) is 19.1 Å². The molecule has 0 spiro atoms. The van der Waals surface area contributed by atoms with Gasteiger partial charge in [0.25, 0.3) is 0 Å². The second-order valence-corrected chi connectivity index (χ2v) is 4.80. The molecule has 6 nitrogen and oxygen atoms in total. The van der Waals surface area contributed by atoms with Crippen LogP contribution >= 0.6 is 0 Å². The first-order valence-electron chi connectivity index (χ1n) is 6.92. The number of ether oxygens (including phenoxy) is 1. The van der Waals surface area contributed by atoms with Crippen LogP contribution in [0, 0.1) is 0 Å². The molecule has 1 amide bonds. The molecular weight excluding hydrogens is 270 g/mol. The lowest BCUT2D eigenvalue weighted by molar-refractivity contribution is -0.127. The van der Waals surface area contributed by atoms with Gasteiger partial charge in [0.2, 0.25) is 5.91 Å². The second kappa shape index (κ2) is 7.52. The van der Waals surface area contributed by atoms with E-state index in [0.717, 1.165) is 0 Å². The number of likely N-dealkylation sites (N-methyl/N-ethyl adjacent to an activating group) is 2. The molecule has 0 radical (unpaired) electrons. The van der Waals surface area contributed by atoms with Crippen LogP contribution in [-0.2, 0) is 9.53 Å². The monoisotopic (exact) mass is 293 g/mol.